The fraction of sp³-hybridized carbons (Fsp3) is 0.273. The zero-order valence-corrected chi connectivity index (χ0v) is 9.67. The highest BCUT2D eigenvalue weighted by molar-refractivity contribution is 5.93. The molecule has 6 nitrogen and oxygen atoms in total. The smallest absolute Gasteiger partial charge is 0.414 e. The van der Waals surface area contributed by atoms with E-state index in [9.17, 15) is 9.59 Å². The summed E-state index contributed by atoms with van der Waals surface area (Å²) in [4.78, 5) is 23.9. The second-order valence-electron chi connectivity index (χ2n) is 3.22. The van der Waals surface area contributed by atoms with Crippen molar-refractivity contribution in [2.75, 3.05) is 31.4 Å². The van der Waals surface area contributed by atoms with Gasteiger partial charge < -0.3 is 15.2 Å². The van der Waals surface area contributed by atoms with Gasteiger partial charge in [-0.25, -0.2) is 4.79 Å². The van der Waals surface area contributed by atoms with Crippen LogP contribution >= 0.6 is 0 Å². The lowest BCUT2D eigenvalue weighted by atomic mass is 10.2. The molecule has 17 heavy (non-hydrogen) atoms. The Hall–Kier alpha value is -2.24. The van der Waals surface area contributed by atoms with E-state index in [4.69, 9.17) is 5.73 Å². The number of methoxy groups -OCH3 is 2. The summed E-state index contributed by atoms with van der Waals surface area (Å²) in [5, 5.41) is 0. The summed E-state index contributed by atoms with van der Waals surface area (Å²) in [6, 6.07) is 6.50. The van der Waals surface area contributed by atoms with Crippen LogP contribution in [0.3, 0.4) is 0 Å². The van der Waals surface area contributed by atoms with E-state index in [1.165, 1.54) is 14.2 Å². The van der Waals surface area contributed by atoms with Crippen LogP contribution in [0, 0.1) is 0 Å². The topological polar surface area (TPSA) is 81.9 Å². The van der Waals surface area contributed by atoms with Gasteiger partial charge in [0.15, 0.2) is 0 Å². The number of nitrogen functional groups attached to an aromatic ring is 1. The zero-order valence-electron chi connectivity index (χ0n) is 9.67. The van der Waals surface area contributed by atoms with Crippen LogP contribution < -0.4 is 10.6 Å². The average Bonchev–Trinajstić information content (AvgIpc) is 2.36. The maximum absolute atomic E-state index is 11.5. The highest BCUT2D eigenvalue weighted by Gasteiger charge is 2.19. The normalized spacial score (nSPS) is 9.53. The number of carbonyl (C=O) groups excluding carboxylic acids is 2. The monoisotopic (exact) mass is 238 g/mol. The van der Waals surface area contributed by atoms with E-state index in [1.807, 2.05) is 0 Å². The molecule has 0 heterocycles. The van der Waals surface area contributed by atoms with Crippen molar-refractivity contribution in [1.82, 2.24) is 0 Å². The minimum atomic E-state index is -0.639. The molecule has 1 aromatic carbocycles. The number of anilines is 2. The van der Waals surface area contributed by atoms with Crippen molar-refractivity contribution in [3.63, 3.8) is 0 Å². The van der Waals surface area contributed by atoms with Gasteiger partial charge in [0.1, 0.15) is 6.54 Å². The molecule has 0 fully saturated rings. The van der Waals surface area contributed by atoms with E-state index in [1.54, 1.807) is 24.3 Å². The molecule has 92 valence electrons. The molecule has 1 amide bonds. The molecule has 0 aliphatic rings. The van der Waals surface area contributed by atoms with Crippen LogP contribution in [-0.4, -0.2) is 32.8 Å². The highest BCUT2D eigenvalue weighted by atomic mass is 16.5. The predicted molar refractivity (Wildman–Crippen MR) is 62.6 cm³/mol. The summed E-state index contributed by atoms with van der Waals surface area (Å²) in [6.07, 6.45) is -0.639. The van der Waals surface area contributed by atoms with Gasteiger partial charge in [-0.1, -0.05) is 0 Å². The van der Waals surface area contributed by atoms with Crippen LogP contribution in [0.25, 0.3) is 0 Å². The molecule has 0 aromatic heterocycles. The lowest BCUT2D eigenvalue weighted by molar-refractivity contribution is -0.138. The zero-order chi connectivity index (χ0) is 12.8. The molecule has 6 heteroatoms. The number of hydrogen-bond donors (Lipinski definition) is 1. The predicted octanol–water partition coefficient (Wildman–Crippen LogP) is 1.01. The van der Waals surface area contributed by atoms with Gasteiger partial charge in [0.25, 0.3) is 0 Å². The van der Waals surface area contributed by atoms with Crippen molar-refractivity contribution in [3.05, 3.63) is 24.3 Å². The summed E-state index contributed by atoms with van der Waals surface area (Å²) >= 11 is 0. The van der Waals surface area contributed by atoms with Crippen LogP contribution in [0.5, 0.6) is 0 Å². The van der Waals surface area contributed by atoms with Crippen LogP contribution in [0.4, 0.5) is 16.2 Å². The lowest BCUT2D eigenvalue weighted by Gasteiger charge is -2.19. The standard InChI is InChI=1S/C11H14N2O4/c1-16-10(14)7-13(11(15)17-2)9-5-3-8(12)4-6-9/h3-6H,7,12H2,1-2H3. The number of ether oxygens (including phenoxy) is 2. The molecular formula is C11H14N2O4. The van der Waals surface area contributed by atoms with E-state index in [-0.39, 0.29) is 6.54 Å². The van der Waals surface area contributed by atoms with E-state index >= 15 is 0 Å². The molecule has 0 unspecified atom stereocenters. The van der Waals surface area contributed by atoms with Gasteiger partial charge in [0.05, 0.1) is 14.2 Å². The Bertz CT molecular complexity index is 402. The number of carbonyl (C=O) groups is 2. The summed E-state index contributed by atoms with van der Waals surface area (Å²) < 4.78 is 9.10. The SMILES string of the molecule is COC(=O)CN(C(=O)OC)c1ccc(N)cc1. The Morgan fingerprint density at radius 1 is 1.18 bits per heavy atom. The summed E-state index contributed by atoms with van der Waals surface area (Å²) in [7, 11) is 2.49. The van der Waals surface area contributed by atoms with E-state index in [2.05, 4.69) is 9.47 Å². The third-order valence-electron chi connectivity index (χ3n) is 2.11. The number of nitrogens with zero attached hydrogens (tertiary/aromatic N) is 1. The number of benzene rings is 1. The Labute approximate surface area is 98.9 Å². The second kappa shape index (κ2) is 5.74. The minimum Gasteiger partial charge on any atom is -0.468 e. The quantitative estimate of drug-likeness (QED) is 0.627. The van der Waals surface area contributed by atoms with Crippen LogP contribution in [-0.2, 0) is 14.3 Å². The van der Waals surface area contributed by atoms with Gasteiger partial charge in [-0.2, -0.15) is 0 Å². The Balaban J connectivity index is 2.93. The van der Waals surface area contributed by atoms with Gasteiger partial charge in [-0.3, -0.25) is 9.69 Å². The third-order valence-corrected chi connectivity index (χ3v) is 2.11. The maximum Gasteiger partial charge on any atom is 0.414 e. The molecule has 1 aromatic rings. The minimum absolute atomic E-state index is 0.215. The Kier molecular flexibility index (Phi) is 4.33. The maximum atomic E-state index is 11.5. The molecule has 1 rings (SSSR count). The Morgan fingerprint density at radius 2 is 1.76 bits per heavy atom. The highest BCUT2D eigenvalue weighted by Crippen LogP contribution is 2.17. The molecule has 0 saturated carbocycles. The van der Waals surface area contributed by atoms with Gasteiger partial charge in [-0.15, -0.1) is 0 Å². The summed E-state index contributed by atoms with van der Waals surface area (Å²) in [5.74, 6) is -0.535. The first-order valence-corrected chi connectivity index (χ1v) is 4.86. The summed E-state index contributed by atoms with van der Waals surface area (Å²) in [6.45, 7) is -0.215. The van der Waals surface area contributed by atoms with Crippen molar-refractivity contribution in [2.24, 2.45) is 0 Å². The molecule has 0 atom stereocenters. The van der Waals surface area contributed by atoms with Crippen molar-refractivity contribution in [1.29, 1.82) is 0 Å². The lowest BCUT2D eigenvalue weighted by Crippen LogP contribution is -2.36. The van der Waals surface area contributed by atoms with Crippen LogP contribution in [0.1, 0.15) is 0 Å². The first-order chi connectivity index (χ1) is 8.08. The molecule has 0 aliphatic carbocycles. The first kappa shape index (κ1) is 12.8. The largest absolute Gasteiger partial charge is 0.468 e. The number of amides is 1. The first-order valence-electron chi connectivity index (χ1n) is 4.86. The number of hydrogen-bond acceptors (Lipinski definition) is 5. The fourth-order valence-electron chi connectivity index (χ4n) is 1.22. The van der Waals surface area contributed by atoms with Crippen molar-refractivity contribution in [2.45, 2.75) is 0 Å². The molecular weight excluding hydrogens is 224 g/mol. The van der Waals surface area contributed by atoms with Gasteiger partial charge in [0, 0.05) is 11.4 Å². The van der Waals surface area contributed by atoms with Crippen LogP contribution in [0.2, 0.25) is 0 Å². The average molecular weight is 238 g/mol. The fourth-order valence-corrected chi connectivity index (χ4v) is 1.22. The Morgan fingerprint density at radius 3 is 2.24 bits per heavy atom. The van der Waals surface area contributed by atoms with Gasteiger partial charge >= 0.3 is 12.1 Å². The molecule has 2 N–H and O–H groups in total. The number of rotatable bonds is 3. The molecule has 0 radical (unpaired) electrons. The second-order valence-corrected chi connectivity index (χ2v) is 3.22. The van der Waals surface area contributed by atoms with E-state index in [0.29, 0.717) is 11.4 Å². The van der Waals surface area contributed by atoms with E-state index < -0.39 is 12.1 Å². The van der Waals surface area contributed by atoms with Gasteiger partial charge in [-0.05, 0) is 24.3 Å². The molecule has 0 aliphatic heterocycles. The number of esters is 1. The molecule has 0 saturated heterocycles. The summed E-state index contributed by atoms with van der Waals surface area (Å²) in [5.41, 5.74) is 6.61. The van der Waals surface area contributed by atoms with Crippen LogP contribution in [0.15, 0.2) is 24.3 Å². The number of nitrogens with two attached hydrogens (primary N) is 1. The van der Waals surface area contributed by atoms with Crippen molar-refractivity contribution in [3.8, 4) is 0 Å². The third kappa shape index (κ3) is 3.37. The van der Waals surface area contributed by atoms with E-state index in [0.717, 1.165) is 4.90 Å². The molecule has 0 bridgehead atoms. The van der Waals surface area contributed by atoms with Crippen molar-refractivity contribution < 1.29 is 19.1 Å². The van der Waals surface area contributed by atoms with Crippen molar-refractivity contribution >= 4 is 23.4 Å². The van der Waals surface area contributed by atoms with Gasteiger partial charge in [0.2, 0.25) is 0 Å². The molecule has 0 spiro atoms.